The van der Waals surface area contributed by atoms with Gasteiger partial charge in [0.15, 0.2) is 0 Å². The molecule has 1 aromatic rings. The lowest BCUT2D eigenvalue weighted by atomic mass is 10.1. The van der Waals surface area contributed by atoms with Gasteiger partial charge in [0.2, 0.25) is 0 Å². The van der Waals surface area contributed by atoms with Crippen molar-refractivity contribution in [3.05, 3.63) is 35.9 Å². The molecule has 2 rings (SSSR count). The molecule has 1 fully saturated rings. The number of carbonyl (C=O) groups is 1. The molecule has 1 aliphatic heterocycles. The minimum atomic E-state index is -0.836. The number of nitrogens with one attached hydrogen (secondary N) is 1. The summed E-state index contributed by atoms with van der Waals surface area (Å²) in [6.45, 7) is 2.14. The molecule has 1 aliphatic rings. The van der Waals surface area contributed by atoms with E-state index >= 15 is 0 Å². The topological polar surface area (TPSA) is 52.6 Å². The molecule has 16 heavy (non-hydrogen) atoms. The summed E-state index contributed by atoms with van der Waals surface area (Å²) in [4.78, 5) is 12.7. The van der Waals surface area contributed by atoms with Gasteiger partial charge in [-0.1, -0.05) is 30.3 Å². The van der Waals surface area contributed by atoms with Gasteiger partial charge >= 0.3 is 6.09 Å². The fourth-order valence-electron chi connectivity index (χ4n) is 2.04. The Morgan fingerprint density at radius 1 is 1.44 bits per heavy atom. The Kier molecular flexibility index (Phi) is 3.41. The zero-order chi connectivity index (χ0) is 11.4. The van der Waals surface area contributed by atoms with Crippen molar-refractivity contribution in [2.24, 2.45) is 0 Å². The van der Waals surface area contributed by atoms with Crippen LogP contribution in [0.3, 0.4) is 0 Å². The largest absolute Gasteiger partial charge is 0.465 e. The number of benzene rings is 1. The van der Waals surface area contributed by atoms with Gasteiger partial charge < -0.3 is 10.4 Å². The Labute approximate surface area is 94.9 Å². The fraction of sp³-hybridized carbons (Fsp3) is 0.417. The number of rotatable bonds is 3. The van der Waals surface area contributed by atoms with Crippen molar-refractivity contribution in [3.63, 3.8) is 0 Å². The van der Waals surface area contributed by atoms with Crippen molar-refractivity contribution >= 4 is 6.09 Å². The Hall–Kier alpha value is -1.55. The summed E-state index contributed by atoms with van der Waals surface area (Å²) >= 11 is 0. The molecular weight excluding hydrogens is 204 g/mol. The first-order valence-corrected chi connectivity index (χ1v) is 5.51. The van der Waals surface area contributed by atoms with Crippen LogP contribution in [0.25, 0.3) is 0 Å². The van der Waals surface area contributed by atoms with Crippen LogP contribution in [-0.4, -0.2) is 35.2 Å². The maximum absolute atomic E-state index is 11.2. The molecule has 4 heteroatoms. The minimum Gasteiger partial charge on any atom is -0.465 e. The van der Waals surface area contributed by atoms with E-state index in [9.17, 15) is 9.90 Å². The average molecular weight is 220 g/mol. The number of hydrogen-bond donors (Lipinski definition) is 2. The van der Waals surface area contributed by atoms with Crippen LogP contribution in [0.5, 0.6) is 0 Å². The van der Waals surface area contributed by atoms with Crippen molar-refractivity contribution in [2.45, 2.75) is 19.0 Å². The quantitative estimate of drug-likeness (QED) is 0.812. The Bertz CT molecular complexity index is 347. The molecule has 1 atom stereocenters. The molecule has 0 saturated carbocycles. The SMILES string of the molecule is O=C(O)N(Cc1ccccc1)[C@@H]1CCNC1. The van der Waals surface area contributed by atoms with Crippen LogP contribution < -0.4 is 5.32 Å². The molecule has 1 aromatic carbocycles. The van der Waals surface area contributed by atoms with Gasteiger partial charge in [-0.3, -0.25) is 4.90 Å². The van der Waals surface area contributed by atoms with Gasteiger partial charge in [-0.25, -0.2) is 4.79 Å². The van der Waals surface area contributed by atoms with E-state index in [1.54, 1.807) is 0 Å². The Balaban J connectivity index is 2.05. The second-order valence-electron chi connectivity index (χ2n) is 4.04. The molecule has 86 valence electrons. The molecule has 2 N–H and O–H groups in total. The Morgan fingerprint density at radius 3 is 2.75 bits per heavy atom. The number of carboxylic acid groups (broad SMARTS) is 1. The van der Waals surface area contributed by atoms with Crippen LogP contribution in [0.2, 0.25) is 0 Å². The molecule has 1 saturated heterocycles. The average Bonchev–Trinajstić information content (AvgIpc) is 2.80. The van der Waals surface area contributed by atoms with Gasteiger partial charge in [0, 0.05) is 19.1 Å². The molecule has 1 amide bonds. The van der Waals surface area contributed by atoms with Gasteiger partial charge in [0.1, 0.15) is 0 Å². The highest BCUT2D eigenvalue weighted by Gasteiger charge is 2.25. The first-order chi connectivity index (χ1) is 7.77. The van der Waals surface area contributed by atoms with Gasteiger partial charge in [-0.15, -0.1) is 0 Å². The van der Waals surface area contributed by atoms with E-state index in [1.807, 2.05) is 30.3 Å². The maximum atomic E-state index is 11.2. The molecule has 1 heterocycles. The predicted octanol–water partition coefficient (Wildman–Crippen LogP) is 1.53. The molecule has 0 aliphatic carbocycles. The zero-order valence-electron chi connectivity index (χ0n) is 9.10. The van der Waals surface area contributed by atoms with Crippen LogP contribution in [0.1, 0.15) is 12.0 Å². The predicted molar refractivity (Wildman–Crippen MR) is 61.3 cm³/mol. The first-order valence-electron chi connectivity index (χ1n) is 5.51. The minimum absolute atomic E-state index is 0.109. The maximum Gasteiger partial charge on any atom is 0.407 e. The van der Waals surface area contributed by atoms with Crippen LogP contribution in [0, 0.1) is 0 Å². The van der Waals surface area contributed by atoms with Gasteiger partial charge in [0.25, 0.3) is 0 Å². The van der Waals surface area contributed by atoms with Crippen LogP contribution in [-0.2, 0) is 6.54 Å². The molecule has 4 nitrogen and oxygen atoms in total. The van der Waals surface area contributed by atoms with Crippen molar-refractivity contribution in [1.82, 2.24) is 10.2 Å². The van der Waals surface area contributed by atoms with Crippen molar-refractivity contribution < 1.29 is 9.90 Å². The van der Waals surface area contributed by atoms with E-state index in [2.05, 4.69) is 5.32 Å². The second kappa shape index (κ2) is 4.99. The van der Waals surface area contributed by atoms with E-state index in [4.69, 9.17) is 0 Å². The van der Waals surface area contributed by atoms with E-state index in [1.165, 1.54) is 4.90 Å². The third-order valence-electron chi connectivity index (χ3n) is 2.92. The summed E-state index contributed by atoms with van der Waals surface area (Å²) in [5.41, 5.74) is 1.04. The standard InChI is InChI=1S/C12H16N2O2/c15-12(16)14(11-6-7-13-8-11)9-10-4-2-1-3-5-10/h1-5,11,13H,6-9H2,(H,15,16)/t11-/m1/s1. The summed E-state index contributed by atoms with van der Waals surface area (Å²) in [7, 11) is 0. The van der Waals surface area contributed by atoms with E-state index in [-0.39, 0.29) is 6.04 Å². The molecule has 0 bridgehead atoms. The van der Waals surface area contributed by atoms with Crippen LogP contribution in [0.15, 0.2) is 30.3 Å². The summed E-state index contributed by atoms with van der Waals surface area (Å²) in [5.74, 6) is 0. The van der Waals surface area contributed by atoms with E-state index < -0.39 is 6.09 Å². The summed E-state index contributed by atoms with van der Waals surface area (Å²) in [6, 6.07) is 9.82. The summed E-state index contributed by atoms with van der Waals surface area (Å²) in [6.07, 6.45) is 0.0663. The third kappa shape index (κ3) is 2.52. The van der Waals surface area contributed by atoms with Crippen molar-refractivity contribution in [3.8, 4) is 0 Å². The van der Waals surface area contributed by atoms with Gasteiger partial charge in [0.05, 0.1) is 0 Å². The first kappa shape index (κ1) is 11.0. The van der Waals surface area contributed by atoms with Gasteiger partial charge in [-0.05, 0) is 18.5 Å². The second-order valence-corrected chi connectivity index (χ2v) is 4.04. The van der Waals surface area contributed by atoms with Crippen molar-refractivity contribution in [2.75, 3.05) is 13.1 Å². The monoisotopic (exact) mass is 220 g/mol. The number of amides is 1. The molecular formula is C12H16N2O2. The van der Waals surface area contributed by atoms with E-state index in [0.717, 1.165) is 25.1 Å². The lowest BCUT2D eigenvalue weighted by Gasteiger charge is -2.25. The molecule has 0 aromatic heterocycles. The highest BCUT2D eigenvalue weighted by atomic mass is 16.4. The lowest BCUT2D eigenvalue weighted by Crippen LogP contribution is -2.40. The van der Waals surface area contributed by atoms with Gasteiger partial charge in [-0.2, -0.15) is 0 Å². The fourth-order valence-corrected chi connectivity index (χ4v) is 2.04. The van der Waals surface area contributed by atoms with Crippen LogP contribution >= 0.6 is 0 Å². The molecule has 0 spiro atoms. The Morgan fingerprint density at radius 2 is 2.19 bits per heavy atom. The smallest absolute Gasteiger partial charge is 0.407 e. The van der Waals surface area contributed by atoms with Crippen LogP contribution in [0.4, 0.5) is 4.79 Å². The molecule has 0 unspecified atom stereocenters. The molecule has 0 radical (unpaired) electrons. The third-order valence-corrected chi connectivity index (χ3v) is 2.92. The number of hydrogen-bond acceptors (Lipinski definition) is 2. The lowest BCUT2D eigenvalue weighted by molar-refractivity contribution is 0.124. The highest BCUT2D eigenvalue weighted by molar-refractivity contribution is 5.65. The van der Waals surface area contributed by atoms with Crippen molar-refractivity contribution in [1.29, 1.82) is 0 Å². The summed E-state index contributed by atoms with van der Waals surface area (Å²) in [5, 5.41) is 12.4. The van der Waals surface area contributed by atoms with E-state index in [0.29, 0.717) is 6.54 Å². The number of nitrogens with zero attached hydrogens (tertiary/aromatic N) is 1. The zero-order valence-corrected chi connectivity index (χ0v) is 9.10. The highest BCUT2D eigenvalue weighted by Crippen LogP contribution is 2.13. The normalized spacial score (nSPS) is 19.6. The summed E-state index contributed by atoms with van der Waals surface area (Å²) < 4.78 is 0.